The number of benzene rings is 1. The predicted molar refractivity (Wildman–Crippen MR) is 99.3 cm³/mol. The van der Waals surface area contributed by atoms with Gasteiger partial charge in [-0.1, -0.05) is 18.9 Å². The molecular weight excluding hydrogens is 338 g/mol. The van der Waals surface area contributed by atoms with Gasteiger partial charge in [-0.2, -0.15) is 0 Å². The van der Waals surface area contributed by atoms with Crippen molar-refractivity contribution in [2.24, 2.45) is 0 Å². The van der Waals surface area contributed by atoms with E-state index in [1.54, 1.807) is 23.5 Å². The highest BCUT2D eigenvalue weighted by Crippen LogP contribution is 2.31. The molecule has 1 fully saturated rings. The number of amides is 1. The summed E-state index contributed by atoms with van der Waals surface area (Å²) in [4.78, 5) is 26.6. The highest BCUT2D eigenvalue weighted by Gasteiger charge is 2.22. The number of carbonyl (C=O) groups is 1. The third kappa shape index (κ3) is 4.36. The number of nitrogens with one attached hydrogen (secondary N) is 1. The quantitative estimate of drug-likeness (QED) is 0.647. The molecule has 7 heteroatoms. The van der Waals surface area contributed by atoms with E-state index in [9.17, 15) is 14.9 Å². The summed E-state index contributed by atoms with van der Waals surface area (Å²) in [6, 6.07) is 8.65. The minimum absolute atomic E-state index is 0.00525. The van der Waals surface area contributed by atoms with Crippen LogP contribution in [0, 0.1) is 10.1 Å². The van der Waals surface area contributed by atoms with Crippen molar-refractivity contribution in [3.63, 3.8) is 0 Å². The largest absolute Gasteiger partial charge is 0.366 e. The number of nitrogens with zero attached hydrogens (tertiary/aromatic N) is 2. The third-order valence-electron chi connectivity index (χ3n) is 4.38. The summed E-state index contributed by atoms with van der Waals surface area (Å²) in [5.74, 6) is -0.293. The monoisotopic (exact) mass is 359 g/mol. The summed E-state index contributed by atoms with van der Waals surface area (Å²) < 4.78 is 0. The fourth-order valence-electron chi connectivity index (χ4n) is 3.07. The highest BCUT2D eigenvalue weighted by molar-refractivity contribution is 7.09. The van der Waals surface area contributed by atoms with E-state index in [-0.39, 0.29) is 11.6 Å². The zero-order valence-electron chi connectivity index (χ0n) is 13.9. The molecule has 2 aromatic rings. The van der Waals surface area contributed by atoms with E-state index in [1.165, 1.54) is 6.07 Å². The second-order valence-corrected chi connectivity index (χ2v) is 7.16. The molecule has 3 rings (SSSR count). The summed E-state index contributed by atoms with van der Waals surface area (Å²) in [7, 11) is 0. The summed E-state index contributed by atoms with van der Waals surface area (Å²) in [6.45, 7) is 2.08. The molecule has 0 saturated carbocycles. The van der Waals surface area contributed by atoms with Crippen LogP contribution in [0.3, 0.4) is 0 Å². The molecule has 1 aliphatic rings. The maximum atomic E-state index is 12.3. The molecule has 1 saturated heterocycles. The van der Waals surface area contributed by atoms with Crippen LogP contribution in [-0.4, -0.2) is 23.9 Å². The second kappa shape index (κ2) is 8.11. The van der Waals surface area contributed by atoms with Gasteiger partial charge in [0.25, 0.3) is 11.6 Å². The molecule has 0 bridgehead atoms. The van der Waals surface area contributed by atoms with Gasteiger partial charge in [-0.05, 0) is 36.4 Å². The number of carbonyl (C=O) groups excluding carboxylic acids is 1. The smallest absolute Gasteiger partial charge is 0.293 e. The van der Waals surface area contributed by atoms with E-state index in [1.807, 2.05) is 17.5 Å². The van der Waals surface area contributed by atoms with Crippen molar-refractivity contribution >= 4 is 28.6 Å². The molecule has 0 unspecified atom stereocenters. The van der Waals surface area contributed by atoms with Crippen molar-refractivity contribution in [3.05, 3.63) is 56.3 Å². The molecule has 0 radical (unpaired) electrons. The van der Waals surface area contributed by atoms with Crippen LogP contribution in [0.1, 0.15) is 40.9 Å². The van der Waals surface area contributed by atoms with Crippen molar-refractivity contribution in [2.45, 2.75) is 32.2 Å². The topological polar surface area (TPSA) is 75.5 Å². The molecule has 25 heavy (non-hydrogen) atoms. The molecule has 0 atom stereocenters. The average Bonchev–Trinajstić information content (AvgIpc) is 2.99. The summed E-state index contributed by atoms with van der Waals surface area (Å²) in [6.07, 6.45) is 4.40. The van der Waals surface area contributed by atoms with Gasteiger partial charge in [0.05, 0.1) is 11.5 Å². The maximum Gasteiger partial charge on any atom is 0.293 e. The highest BCUT2D eigenvalue weighted by atomic mass is 32.1. The third-order valence-corrected chi connectivity index (χ3v) is 5.26. The molecule has 0 aliphatic carbocycles. The Hall–Kier alpha value is -2.41. The molecule has 0 spiro atoms. The maximum absolute atomic E-state index is 12.3. The first-order valence-electron chi connectivity index (χ1n) is 8.49. The van der Waals surface area contributed by atoms with Gasteiger partial charge in [0.15, 0.2) is 0 Å². The molecule has 1 N–H and O–H groups in total. The van der Waals surface area contributed by atoms with Crippen LogP contribution in [-0.2, 0) is 6.54 Å². The Morgan fingerprint density at radius 3 is 2.60 bits per heavy atom. The second-order valence-electron chi connectivity index (χ2n) is 6.12. The molecule has 1 aromatic carbocycles. The Labute approximate surface area is 150 Å². The average molecular weight is 359 g/mol. The number of anilines is 1. The first-order chi connectivity index (χ1) is 12.1. The van der Waals surface area contributed by atoms with Gasteiger partial charge in [0, 0.05) is 29.6 Å². The molecule has 1 amide bonds. The van der Waals surface area contributed by atoms with E-state index >= 15 is 0 Å². The van der Waals surface area contributed by atoms with Crippen molar-refractivity contribution in [3.8, 4) is 0 Å². The predicted octanol–water partition coefficient (Wildman–Crippen LogP) is 3.97. The number of nitro benzene ring substituents is 1. The molecule has 1 aromatic heterocycles. The fourth-order valence-corrected chi connectivity index (χ4v) is 3.72. The van der Waals surface area contributed by atoms with Gasteiger partial charge in [0.2, 0.25) is 0 Å². The minimum atomic E-state index is -0.393. The fraction of sp³-hybridized carbons (Fsp3) is 0.389. The summed E-state index contributed by atoms with van der Waals surface area (Å²) in [5, 5.41) is 16.3. The number of thiophene rings is 1. The van der Waals surface area contributed by atoms with E-state index in [4.69, 9.17) is 0 Å². The Kier molecular flexibility index (Phi) is 5.65. The van der Waals surface area contributed by atoms with Crippen LogP contribution in [0.4, 0.5) is 11.4 Å². The van der Waals surface area contributed by atoms with Crippen molar-refractivity contribution in [1.29, 1.82) is 0 Å². The van der Waals surface area contributed by atoms with E-state index in [0.717, 1.165) is 43.6 Å². The van der Waals surface area contributed by atoms with E-state index < -0.39 is 4.92 Å². The molecule has 6 nitrogen and oxygen atoms in total. The first kappa shape index (κ1) is 17.4. The number of nitro groups is 1. The standard InChI is InChI=1S/C18H21N3O3S/c22-18(19-13-15-6-5-11-25-15)14-7-8-16(17(12-14)21(23)24)20-9-3-1-2-4-10-20/h5-8,11-12H,1-4,9-10,13H2,(H,19,22). The Bertz CT molecular complexity index is 738. The van der Waals surface area contributed by atoms with Crippen molar-refractivity contribution in [2.75, 3.05) is 18.0 Å². The van der Waals surface area contributed by atoms with Gasteiger partial charge in [0.1, 0.15) is 5.69 Å². The number of hydrogen-bond donors (Lipinski definition) is 1. The number of rotatable bonds is 5. The lowest BCUT2D eigenvalue weighted by Crippen LogP contribution is -2.26. The normalized spacial score (nSPS) is 14.8. The Balaban J connectivity index is 1.78. The molecule has 2 heterocycles. The first-order valence-corrected chi connectivity index (χ1v) is 9.37. The molecule has 1 aliphatic heterocycles. The van der Waals surface area contributed by atoms with Crippen molar-refractivity contribution in [1.82, 2.24) is 5.32 Å². The van der Waals surface area contributed by atoms with Gasteiger partial charge in [-0.25, -0.2) is 0 Å². The zero-order valence-corrected chi connectivity index (χ0v) is 14.8. The van der Waals surface area contributed by atoms with Crippen molar-refractivity contribution < 1.29 is 9.72 Å². The van der Waals surface area contributed by atoms with Crippen LogP contribution in [0.25, 0.3) is 0 Å². The van der Waals surface area contributed by atoms with Gasteiger partial charge >= 0.3 is 0 Å². The van der Waals surface area contributed by atoms with Gasteiger partial charge in [-0.15, -0.1) is 11.3 Å². The van der Waals surface area contributed by atoms with E-state index in [2.05, 4.69) is 10.2 Å². The lowest BCUT2D eigenvalue weighted by molar-refractivity contribution is -0.384. The SMILES string of the molecule is O=C(NCc1cccs1)c1ccc(N2CCCCCC2)c([N+](=O)[O-])c1. The van der Waals surface area contributed by atoms with Crippen LogP contribution in [0.2, 0.25) is 0 Å². The van der Waals surface area contributed by atoms with E-state index in [0.29, 0.717) is 17.8 Å². The number of hydrogen-bond acceptors (Lipinski definition) is 5. The van der Waals surface area contributed by atoms with Gasteiger partial charge in [-0.3, -0.25) is 14.9 Å². The van der Waals surface area contributed by atoms with Crippen LogP contribution in [0.15, 0.2) is 35.7 Å². The lowest BCUT2D eigenvalue weighted by Gasteiger charge is -2.22. The zero-order chi connectivity index (χ0) is 17.6. The molecular formula is C18H21N3O3S. The van der Waals surface area contributed by atoms with Gasteiger partial charge < -0.3 is 10.2 Å². The van der Waals surface area contributed by atoms with Crippen LogP contribution >= 0.6 is 11.3 Å². The lowest BCUT2D eigenvalue weighted by atomic mass is 10.1. The minimum Gasteiger partial charge on any atom is -0.366 e. The Morgan fingerprint density at radius 1 is 1.20 bits per heavy atom. The van der Waals surface area contributed by atoms with Crippen LogP contribution < -0.4 is 10.2 Å². The summed E-state index contributed by atoms with van der Waals surface area (Å²) in [5.41, 5.74) is 0.939. The van der Waals surface area contributed by atoms with Crippen LogP contribution in [0.5, 0.6) is 0 Å². The molecule has 132 valence electrons. The Morgan fingerprint density at radius 2 is 1.96 bits per heavy atom. The summed E-state index contributed by atoms with van der Waals surface area (Å²) >= 11 is 1.56.